The number of carbonyl (C=O) groups excluding carboxylic acids is 2. The number of hydrogen-bond donors (Lipinski definition) is 1. The fourth-order valence-electron chi connectivity index (χ4n) is 2.18. The van der Waals surface area contributed by atoms with Gasteiger partial charge in [-0.15, -0.1) is 0 Å². The molecule has 21 heavy (non-hydrogen) atoms. The fraction of sp³-hybridized carbons (Fsp3) is 0. The molecule has 106 valence electrons. The molecule has 0 spiro atoms. The normalized spacial score (nSPS) is 10.8. The molecule has 0 aliphatic heterocycles. The molecule has 1 N–H and O–H groups in total. The average molecular weight is 324 g/mol. The van der Waals surface area contributed by atoms with Crippen LogP contribution in [0.25, 0.3) is 21.8 Å². The third-order valence-electron chi connectivity index (χ3n) is 2.94. The van der Waals surface area contributed by atoms with Crippen molar-refractivity contribution in [2.45, 2.75) is 0 Å². The maximum atomic E-state index is 10.7. The summed E-state index contributed by atoms with van der Waals surface area (Å²) in [7, 11) is 0. The van der Waals surface area contributed by atoms with Gasteiger partial charge in [0.15, 0.2) is 0 Å². The van der Waals surface area contributed by atoms with Crippen LogP contribution in [0.15, 0.2) is 36.4 Å². The number of ether oxygens (including phenoxy) is 2. The van der Waals surface area contributed by atoms with E-state index in [0.29, 0.717) is 11.5 Å². The van der Waals surface area contributed by atoms with Crippen molar-refractivity contribution in [1.82, 2.24) is 4.98 Å². The molecule has 3 rings (SSSR count). The Labute approximate surface area is 128 Å². The third-order valence-corrected chi connectivity index (χ3v) is 3.09. The predicted molar refractivity (Wildman–Crippen MR) is 79.6 cm³/mol. The van der Waals surface area contributed by atoms with E-state index >= 15 is 0 Å². The Bertz CT molecular complexity index is 802. The number of aromatic nitrogens is 1. The second kappa shape index (κ2) is 5.27. The molecular weight excluding hydrogens is 317 g/mol. The van der Waals surface area contributed by atoms with Crippen LogP contribution in [-0.2, 0) is 0 Å². The molecule has 0 bridgehead atoms. The van der Waals surface area contributed by atoms with Crippen molar-refractivity contribution in [3.05, 3.63) is 36.4 Å². The summed E-state index contributed by atoms with van der Waals surface area (Å²) >= 11 is 10.4. The van der Waals surface area contributed by atoms with Gasteiger partial charge < -0.3 is 14.5 Å². The first-order valence-electron chi connectivity index (χ1n) is 5.83. The van der Waals surface area contributed by atoms with Gasteiger partial charge >= 0.3 is 10.9 Å². The highest BCUT2D eigenvalue weighted by atomic mass is 35.5. The van der Waals surface area contributed by atoms with Crippen LogP contribution in [0.4, 0.5) is 9.59 Å². The highest BCUT2D eigenvalue weighted by molar-refractivity contribution is 6.61. The van der Waals surface area contributed by atoms with E-state index in [1.165, 1.54) is 0 Å². The van der Waals surface area contributed by atoms with E-state index < -0.39 is 10.9 Å². The minimum Gasteiger partial charge on any atom is -0.414 e. The summed E-state index contributed by atoms with van der Waals surface area (Å²) in [5.74, 6) is 0.669. The summed E-state index contributed by atoms with van der Waals surface area (Å²) in [6, 6.07) is 10.2. The Balaban J connectivity index is 2.10. The Kier molecular flexibility index (Phi) is 3.45. The lowest BCUT2D eigenvalue weighted by atomic mass is 10.1. The lowest BCUT2D eigenvalue weighted by Crippen LogP contribution is -1.95. The molecule has 7 heteroatoms. The van der Waals surface area contributed by atoms with Crippen LogP contribution in [0, 0.1) is 0 Å². The fourth-order valence-corrected chi connectivity index (χ4v) is 2.36. The van der Waals surface area contributed by atoms with Crippen molar-refractivity contribution < 1.29 is 19.1 Å². The van der Waals surface area contributed by atoms with Gasteiger partial charge in [0.25, 0.3) is 0 Å². The standard InChI is InChI=1S/C14H7Cl2NO4/c15-13(18)20-7-1-3-9-10-4-2-8(21-14(16)19)6-12(10)17-11(9)5-7/h1-6,17H. The Morgan fingerprint density at radius 1 is 0.810 bits per heavy atom. The van der Waals surface area contributed by atoms with Crippen molar-refractivity contribution in [3.63, 3.8) is 0 Å². The first kappa shape index (κ1) is 13.7. The van der Waals surface area contributed by atoms with Gasteiger partial charge in [-0.2, -0.15) is 0 Å². The summed E-state index contributed by atoms with van der Waals surface area (Å²) in [5, 5.41) is 1.87. The smallest absolute Gasteiger partial charge is 0.409 e. The first-order chi connectivity index (χ1) is 10.0. The lowest BCUT2D eigenvalue weighted by Gasteiger charge is -1.99. The van der Waals surface area contributed by atoms with E-state index in [9.17, 15) is 9.59 Å². The topological polar surface area (TPSA) is 68.4 Å². The Morgan fingerprint density at radius 3 is 1.62 bits per heavy atom. The molecule has 1 aromatic heterocycles. The monoisotopic (exact) mass is 323 g/mol. The van der Waals surface area contributed by atoms with Crippen LogP contribution < -0.4 is 9.47 Å². The molecule has 0 amide bonds. The molecule has 0 aliphatic rings. The molecule has 2 aromatic carbocycles. The number of benzene rings is 2. The van der Waals surface area contributed by atoms with Crippen LogP contribution in [-0.4, -0.2) is 15.8 Å². The largest absolute Gasteiger partial charge is 0.414 e. The Hall–Kier alpha value is -2.24. The molecule has 0 unspecified atom stereocenters. The Morgan fingerprint density at radius 2 is 1.24 bits per heavy atom. The predicted octanol–water partition coefficient (Wildman–Crippen LogP) is 4.80. The zero-order valence-corrected chi connectivity index (χ0v) is 11.9. The summed E-state index contributed by atoms with van der Waals surface area (Å²) in [5.41, 5.74) is -0.284. The number of halogens is 2. The van der Waals surface area contributed by atoms with Gasteiger partial charge in [0.1, 0.15) is 11.5 Å². The maximum absolute atomic E-state index is 10.7. The molecule has 0 saturated heterocycles. The average Bonchev–Trinajstić information content (AvgIpc) is 2.73. The molecule has 3 aromatic rings. The number of aromatic amines is 1. The first-order valence-corrected chi connectivity index (χ1v) is 6.58. The quantitative estimate of drug-likeness (QED) is 0.688. The number of nitrogens with one attached hydrogen (secondary N) is 1. The third kappa shape index (κ3) is 2.79. The van der Waals surface area contributed by atoms with Crippen molar-refractivity contribution in [2.24, 2.45) is 0 Å². The molecule has 0 atom stereocenters. The van der Waals surface area contributed by atoms with Crippen LogP contribution >= 0.6 is 23.2 Å². The van der Waals surface area contributed by atoms with E-state index in [2.05, 4.69) is 4.98 Å². The zero-order valence-electron chi connectivity index (χ0n) is 10.4. The van der Waals surface area contributed by atoms with Crippen molar-refractivity contribution >= 4 is 55.9 Å². The second-order valence-electron chi connectivity index (χ2n) is 4.22. The minimum atomic E-state index is -0.901. The highest BCUT2D eigenvalue weighted by Crippen LogP contribution is 2.30. The van der Waals surface area contributed by atoms with Gasteiger partial charge in [0, 0.05) is 46.1 Å². The highest BCUT2D eigenvalue weighted by Gasteiger charge is 2.09. The van der Waals surface area contributed by atoms with Crippen LogP contribution in [0.2, 0.25) is 0 Å². The number of carbonyl (C=O) groups is 2. The van der Waals surface area contributed by atoms with Crippen LogP contribution in [0.1, 0.15) is 0 Å². The molecule has 5 nitrogen and oxygen atoms in total. The second-order valence-corrected chi connectivity index (χ2v) is 4.84. The van der Waals surface area contributed by atoms with Gasteiger partial charge in [-0.3, -0.25) is 0 Å². The minimum absolute atomic E-state index is 0.335. The zero-order chi connectivity index (χ0) is 15.0. The van der Waals surface area contributed by atoms with E-state index in [1.807, 2.05) is 0 Å². The van der Waals surface area contributed by atoms with E-state index in [4.69, 9.17) is 32.7 Å². The van der Waals surface area contributed by atoms with Crippen molar-refractivity contribution in [1.29, 1.82) is 0 Å². The summed E-state index contributed by atoms with van der Waals surface area (Å²) < 4.78 is 9.63. The molecule has 1 heterocycles. The van der Waals surface area contributed by atoms with Gasteiger partial charge in [-0.25, -0.2) is 9.59 Å². The molecule has 0 saturated carbocycles. The van der Waals surface area contributed by atoms with E-state index in [-0.39, 0.29) is 0 Å². The number of rotatable bonds is 2. The number of fused-ring (bicyclic) bond motifs is 3. The summed E-state index contributed by atoms with van der Waals surface area (Å²) in [6.07, 6.45) is 0. The number of H-pyrrole nitrogens is 1. The van der Waals surface area contributed by atoms with Crippen LogP contribution in [0.3, 0.4) is 0 Å². The van der Waals surface area contributed by atoms with Crippen molar-refractivity contribution in [2.75, 3.05) is 0 Å². The van der Waals surface area contributed by atoms with Gasteiger partial charge in [-0.1, -0.05) is 0 Å². The van der Waals surface area contributed by atoms with E-state index in [1.54, 1.807) is 36.4 Å². The van der Waals surface area contributed by atoms with Gasteiger partial charge in [-0.05, 0) is 24.3 Å². The van der Waals surface area contributed by atoms with Gasteiger partial charge in [0.05, 0.1) is 11.0 Å². The number of hydrogen-bond acceptors (Lipinski definition) is 4. The molecule has 0 aliphatic carbocycles. The molecular formula is C14H7Cl2NO4. The van der Waals surface area contributed by atoms with E-state index in [0.717, 1.165) is 21.8 Å². The lowest BCUT2D eigenvalue weighted by molar-refractivity contribution is 0.224. The summed E-state index contributed by atoms with van der Waals surface area (Å²) in [4.78, 5) is 24.6. The summed E-state index contributed by atoms with van der Waals surface area (Å²) in [6.45, 7) is 0. The SMILES string of the molecule is O=C(Cl)Oc1ccc2c(c1)[nH]c1cc(OC(=O)Cl)ccc12. The molecule has 0 radical (unpaired) electrons. The maximum Gasteiger partial charge on any atom is 0.409 e. The van der Waals surface area contributed by atoms with Crippen LogP contribution in [0.5, 0.6) is 11.5 Å². The van der Waals surface area contributed by atoms with Crippen molar-refractivity contribution in [3.8, 4) is 11.5 Å². The molecule has 0 fully saturated rings. The van der Waals surface area contributed by atoms with Gasteiger partial charge in [0.2, 0.25) is 0 Å².